The van der Waals surface area contributed by atoms with Gasteiger partial charge in [-0.15, -0.1) is 0 Å². The lowest BCUT2D eigenvalue weighted by Gasteiger charge is -2.59. The highest BCUT2D eigenvalue weighted by Crippen LogP contribution is 2.65. The van der Waals surface area contributed by atoms with E-state index in [9.17, 15) is 34.8 Å². The Balaban J connectivity index is 1.99. The third-order valence-electron chi connectivity index (χ3n) is 9.79. The van der Waals surface area contributed by atoms with E-state index in [2.05, 4.69) is 13.8 Å². The quantitative estimate of drug-likeness (QED) is 0.310. The minimum absolute atomic E-state index is 0.100. The molecule has 0 aromatic heterocycles. The number of aryl methyl sites for hydroxylation is 2. The molecular formula is C33H44O7. The van der Waals surface area contributed by atoms with E-state index in [1.165, 1.54) is 0 Å². The first-order chi connectivity index (χ1) is 18.5. The minimum Gasteiger partial charge on any atom is -0.511 e. The monoisotopic (exact) mass is 552 g/mol. The Bertz CT molecular complexity index is 1360. The summed E-state index contributed by atoms with van der Waals surface area (Å²) in [6, 6.07) is 1.98. The molecule has 4 rings (SSSR count). The fraction of sp³-hybridized carbons (Fsp3) is 0.606. The largest absolute Gasteiger partial charge is 0.511 e. The number of aliphatic hydroxyl groups is 3. The lowest BCUT2D eigenvalue weighted by Crippen LogP contribution is -2.67. The van der Waals surface area contributed by atoms with Gasteiger partial charge in [0, 0.05) is 22.3 Å². The third kappa shape index (κ3) is 3.99. The zero-order chi connectivity index (χ0) is 30.1. The average molecular weight is 553 g/mol. The second-order valence-corrected chi connectivity index (χ2v) is 13.5. The maximum atomic E-state index is 14.3. The zero-order valence-corrected chi connectivity index (χ0v) is 25.1. The Hall–Kier alpha value is -2.93. The number of aromatic hydroxyl groups is 1. The fourth-order valence-electron chi connectivity index (χ4n) is 8.14. The molecule has 0 saturated heterocycles. The molecule has 218 valence electrons. The molecule has 4 N–H and O–H groups in total. The number of Topliss-reactive ketones (excluding diaryl/α,β-unsaturated/α-hetero) is 3. The van der Waals surface area contributed by atoms with Gasteiger partial charge >= 0.3 is 0 Å². The summed E-state index contributed by atoms with van der Waals surface area (Å²) in [5, 5.41) is 46.6. The number of phenolic OH excluding ortho intramolecular Hbond substituents is 1. The molecule has 7 heteroatoms. The summed E-state index contributed by atoms with van der Waals surface area (Å²) in [4.78, 5) is 40.6. The van der Waals surface area contributed by atoms with Crippen molar-refractivity contribution in [3.05, 3.63) is 51.0 Å². The molecule has 1 aromatic carbocycles. The summed E-state index contributed by atoms with van der Waals surface area (Å²) in [5.74, 6) is -4.30. The predicted molar refractivity (Wildman–Crippen MR) is 152 cm³/mol. The Morgan fingerprint density at radius 1 is 1.07 bits per heavy atom. The molecule has 0 amide bonds. The molecule has 1 unspecified atom stereocenters. The van der Waals surface area contributed by atoms with Crippen LogP contribution in [-0.2, 0) is 28.9 Å². The van der Waals surface area contributed by atoms with Crippen molar-refractivity contribution in [3.8, 4) is 5.75 Å². The number of carbonyl (C=O) groups excluding carboxylic acids is 3. The highest BCUT2D eigenvalue weighted by molar-refractivity contribution is 6.25. The van der Waals surface area contributed by atoms with Crippen LogP contribution in [0.3, 0.4) is 0 Å². The van der Waals surface area contributed by atoms with Crippen molar-refractivity contribution in [2.45, 2.75) is 99.5 Å². The highest BCUT2D eigenvalue weighted by atomic mass is 16.3. The van der Waals surface area contributed by atoms with Crippen LogP contribution in [0.2, 0.25) is 0 Å². The van der Waals surface area contributed by atoms with Gasteiger partial charge in [0.2, 0.25) is 5.78 Å². The van der Waals surface area contributed by atoms with Gasteiger partial charge < -0.3 is 20.4 Å². The van der Waals surface area contributed by atoms with Gasteiger partial charge in [0.25, 0.3) is 0 Å². The second-order valence-electron chi connectivity index (χ2n) is 13.5. The molecular weight excluding hydrogens is 508 g/mol. The number of hydrogen-bond donors (Lipinski definition) is 4. The number of hydrogen-bond acceptors (Lipinski definition) is 7. The predicted octanol–water partition coefficient (Wildman–Crippen LogP) is 5.89. The van der Waals surface area contributed by atoms with Crippen molar-refractivity contribution < 1.29 is 34.8 Å². The van der Waals surface area contributed by atoms with Crippen LogP contribution in [0, 0.1) is 28.6 Å². The summed E-state index contributed by atoms with van der Waals surface area (Å²) in [6.07, 6.45) is 3.48. The van der Waals surface area contributed by atoms with Crippen molar-refractivity contribution in [1.82, 2.24) is 0 Å². The van der Waals surface area contributed by atoms with Crippen molar-refractivity contribution >= 4 is 17.3 Å². The molecule has 4 atom stereocenters. The van der Waals surface area contributed by atoms with E-state index in [1.54, 1.807) is 6.92 Å². The van der Waals surface area contributed by atoms with Crippen LogP contribution in [0.5, 0.6) is 5.75 Å². The number of fused-ring (bicyclic) bond motifs is 3. The smallest absolute Gasteiger partial charge is 0.209 e. The topological polar surface area (TPSA) is 132 Å². The molecule has 3 aliphatic rings. The second kappa shape index (κ2) is 9.86. The van der Waals surface area contributed by atoms with Crippen LogP contribution < -0.4 is 0 Å². The van der Waals surface area contributed by atoms with Gasteiger partial charge in [-0.05, 0) is 67.6 Å². The van der Waals surface area contributed by atoms with Crippen molar-refractivity contribution in [2.75, 3.05) is 0 Å². The third-order valence-corrected chi connectivity index (χ3v) is 9.79. The molecule has 0 saturated carbocycles. The molecule has 0 radical (unpaired) electrons. The highest BCUT2D eigenvalue weighted by Gasteiger charge is 2.71. The van der Waals surface area contributed by atoms with Crippen LogP contribution in [0.1, 0.15) is 102 Å². The van der Waals surface area contributed by atoms with E-state index in [1.807, 2.05) is 33.8 Å². The zero-order valence-electron chi connectivity index (χ0n) is 25.1. The van der Waals surface area contributed by atoms with Crippen molar-refractivity contribution in [1.29, 1.82) is 0 Å². The molecule has 0 bridgehead atoms. The van der Waals surface area contributed by atoms with Gasteiger partial charge in [-0.25, -0.2) is 0 Å². The van der Waals surface area contributed by atoms with Crippen LogP contribution in [0.4, 0.5) is 0 Å². The summed E-state index contributed by atoms with van der Waals surface area (Å²) < 4.78 is 0. The molecule has 0 aliphatic heterocycles. The number of phenols is 1. The summed E-state index contributed by atoms with van der Waals surface area (Å²) in [5.41, 5.74) is -3.16. The summed E-state index contributed by atoms with van der Waals surface area (Å²) in [6.45, 7) is 14.5. The standard InChI is InChI=1S/C33H44O7/c1-9-19-13-20(12-10-11-16(2)3)26(35)23-21(19)14-31(7)15-32(8)24(17(4)5)27(36)22(18(6)34)29(38)33(32,40)30(39)25(31)28(23)37/h13,16-17,24,35-36,39-40H,9-12,14-15H2,1-8H3/t24?,31-,32-,33+/m1/s1. The molecule has 3 aliphatic carbocycles. The van der Waals surface area contributed by atoms with Crippen molar-refractivity contribution in [2.24, 2.45) is 28.6 Å². The molecule has 1 aromatic rings. The fourth-order valence-corrected chi connectivity index (χ4v) is 8.14. The molecule has 0 fully saturated rings. The molecule has 7 nitrogen and oxygen atoms in total. The van der Waals surface area contributed by atoms with Crippen molar-refractivity contribution in [3.63, 3.8) is 0 Å². The van der Waals surface area contributed by atoms with E-state index >= 15 is 0 Å². The Kier molecular flexibility index (Phi) is 7.41. The van der Waals surface area contributed by atoms with Crippen LogP contribution in [0.15, 0.2) is 28.7 Å². The number of allylic oxidation sites excluding steroid dienone is 2. The summed E-state index contributed by atoms with van der Waals surface area (Å²) in [7, 11) is 0. The number of benzene rings is 1. The first-order valence-electron chi connectivity index (χ1n) is 14.5. The first-order valence-corrected chi connectivity index (χ1v) is 14.5. The van der Waals surface area contributed by atoms with Crippen LogP contribution >= 0.6 is 0 Å². The maximum Gasteiger partial charge on any atom is 0.209 e. The number of ketones is 3. The molecule has 40 heavy (non-hydrogen) atoms. The average Bonchev–Trinajstić information content (AvgIpc) is 2.82. The number of aliphatic hydroxyl groups excluding tert-OH is 2. The van der Waals surface area contributed by atoms with Gasteiger partial charge in [0.15, 0.2) is 17.2 Å². The SMILES string of the molecule is CCc1cc(CCCC(C)C)c(O)c2c1C[C@]1(C)C[C@]3(C)C(C(C)C)C(O)=C(C(C)=O)C(=O)[C@]3(O)C(O)=C1C2=O. The Morgan fingerprint density at radius 2 is 1.70 bits per heavy atom. The van der Waals surface area contributed by atoms with E-state index in [0.29, 0.717) is 30.7 Å². The van der Waals surface area contributed by atoms with Gasteiger partial charge in [0.1, 0.15) is 22.8 Å². The van der Waals surface area contributed by atoms with E-state index in [4.69, 9.17) is 0 Å². The van der Waals surface area contributed by atoms with E-state index in [-0.39, 0.29) is 35.0 Å². The Labute approximate surface area is 237 Å². The maximum absolute atomic E-state index is 14.3. The van der Waals surface area contributed by atoms with Gasteiger partial charge in [-0.1, -0.05) is 61.0 Å². The number of rotatable bonds is 7. The first kappa shape index (κ1) is 30.0. The molecule has 0 spiro atoms. The van der Waals surface area contributed by atoms with Crippen LogP contribution in [0.25, 0.3) is 0 Å². The normalized spacial score (nSPS) is 30.1. The van der Waals surface area contributed by atoms with E-state index < -0.39 is 51.0 Å². The lowest BCUT2D eigenvalue weighted by molar-refractivity contribution is -0.171. The van der Waals surface area contributed by atoms with Crippen LogP contribution in [-0.4, -0.2) is 43.4 Å². The van der Waals surface area contributed by atoms with E-state index in [0.717, 1.165) is 30.9 Å². The summed E-state index contributed by atoms with van der Waals surface area (Å²) >= 11 is 0. The minimum atomic E-state index is -2.59. The van der Waals surface area contributed by atoms with Gasteiger partial charge in [-0.3, -0.25) is 14.4 Å². The number of carbonyl (C=O) groups is 3. The van der Waals surface area contributed by atoms with Gasteiger partial charge in [0.05, 0.1) is 5.56 Å². The molecule has 0 heterocycles. The van der Waals surface area contributed by atoms with Gasteiger partial charge in [-0.2, -0.15) is 0 Å². The lowest BCUT2D eigenvalue weighted by atomic mass is 9.44. The Morgan fingerprint density at radius 3 is 2.23 bits per heavy atom.